The first-order chi connectivity index (χ1) is 14.3. The van der Waals surface area contributed by atoms with Crippen LogP contribution in [0.5, 0.6) is 11.5 Å². The lowest BCUT2D eigenvalue weighted by Gasteiger charge is -2.12. The molecule has 166 valence electrons. The Kier molecular flexibility index (Phi) is 6.30. The summed E-state index contributed by atoms with van der Waals surface area (Å²) in [6, 6.07) is 5.70. The number of carboxylic acid groups (broad SMARTS) is 1. The molecule has 1 atom stereocenters. The van der Waals surface area contributed by atoms with Gasteiger partial charge in [-0.1, -0.05) is 0 Å². The average Bonchev–Trinajstić information content (AvgIpc) is 2.89. The van der Waals surface area contributed by atoms with Crippen LogP contribution in [-0.2, 0) is 20.0 Å². The third-order valence-electron chi connectivity index (χ3n) is 5.53. The number of benzene rings is 1. The smallest absolute Gasteiger partial charge is 0.345 e. The second-order valence-electron chi connectivity index (χ2n) is 7.50. The van der Waals surface area contributed by atoms with E-state index < -0.39 is 22.8 Å². The average molecular weight is 450 g/mol. The van der Waals surface area contributed by atoms with Crippen molar-refractivity contribution < 1.29 is 24.9 Å². The Hall–Kier alpha value is -3.01. The van der Waals surface area contributed by atoms with Gasteiger partial charge in [-0.15, -0.1) is 12.4 Å². The molecule has 10 heteroatoms. The van der Waals surface area contributed by atoms with E-state index in [0.717, 1.165) is 16.6 Å². The molecule has 3 heterocycles. The number of aliphatic hydroxyl groups is 1. The minimum absolute atomic E-state index is 0. The molecule has 0 saturated heterocycles. The molecule has 0 spiro atoms. The number of nitrogens with one attached hydrogen (secondary N) is 2. The number of aromatic amines is 1. The van der Waals surface area contributed by atoms with Crippen LogP contribution >= 0.6 is 12.4 Å². The molecule has 5 N–H and O–H groups in total. The van der Waals surface area contributed by atoms with E-state index in [1.54, 1.807) is 0 Å². The van der Waals surface area contributed by atoms with Gasteiger partial charge in [-0.05, 0) is 19.1 Å². The molecule has 1 aromatic carbocycles. The quantitative estimate of drug-likeness (QED) is 0.400. The molecule has 0 fully saturated rings. The van der Waals surface area contributed by atoms with Crippen molar-refractivity contribution in [3.63, 3.8) is 0 Å². The van der Waals surface area contributed by atoms with E-state index in [1.807, 2.05) is 36.7 Å². The first kappa shape index (κ1) is 22.7. The second-order valence-corrected chi connectivity index (χ2v) is 7.50. The van der Waals surface area contributed by atoms with E-state index in [4.69, 9.17) is 4.74 Å². The summed E-state index contributed by atoms with van der Waals surface area (Å²) >= 11 is 0. The van der Waals surface area contributed by atoms with Gasteiger partial charge in [0.2, 0.25) is 0 Å². The van der Waals surface area contributed by atoms with E-state index >= 15 is 0 Å². The van der Waals surface area contributed by atoms with Gasteiger partial charge in [-0.25, -0.2) is 4.79 Å². The number of halogens is 1. The van der Waals surface area contributed by atoms with E-state index in [9.17, 15) is 24.9 Å². The molecule has 2 aromatic heterocycles. The zero-order chi connectivity index (χ0) is 21.6. The maximum Gasteiger partial charge on any atom is 0.345 e. The number of aryl methyl sites for hydroxylation is 1. The van der Waals surface area contributed by atoms with Gasteiger partial charge in [0, 0.05) is 54.3 Å². The minimum Gasteiger partial charge on any atom is -0.506 e. The Morgan fingerprint density at radius 3 is 2.77 bits per heavy atom. The Bertz CT molecular complexity index is 1220. The highest BCUT2D eigenvalue weighted by Gasteiger charge is 2.26. The van der Waals surface area contributed by atoms with Crippen molar-refractivity contribution in [1.82, 2.24) is 14.9 Å². The highest BCUT2D eigenvalue weighted by atomic mass is 35.5. The molecule has 0 bridgehead atoms. The molecular formula is C21H24ClN3O6. The molecule has 31 heavy (non-hydrogen) atoms. The first-order valence-corrected chi connectivity index (χ1v) is 9.63. The maximum atomic E-state index is 12.3. The van der Waals surface area contributed by atoms with Crippen molar-refractivity contribution >= 4 is 29.3 Å². The normalized spacial score (nSPS) is 13.5. The number of carboxylic acids is 1. The van der Waals surface area contributed by atoms with Gasteiger partial charge < -0.3 is 34.9 Å². The monoisotopic (exact) mass is 449 g/mol. The summed E-state index contributed by atoms with van der Waals surface area (Å²) < 4.78 is 7.89. The van der Waals surface area contributed by atoms with Crippen molar-refractivity contribution in [2.24, 2.45) is 7.05 Å². The Morgan fingerprint density at radius 2 is 2.10 bits per heavy atom. The van der Waals surface area contributed by atoms with Gasteiger partial charge in [0.15, 0.2) is 5.56 Å². The summed E-state index contributed by atoms with van der Waals surface area (Å²) in [6.45, 7) is 2.73. The lowest BCUT2D eigenvalue weighted by molar-refractivity contribution is 0.0691. The predicted octanol–water partition coefficient (Wildman–Crippen LogP) is 1.76. The number of nitrogens with zero attached hydrogens (tertiary/aromatic N) is 1. The number of ether oxygens (including phenoxy) is 1. The highest BCUT2D eigenvalue weighted by Crippen LogP contribution is 2.40. The predicted molar refractivity (Wildman–Crippen MR) is 117 cm³/mol. The van der Waals surface area contributed by atoms with Gasteiger partial charge >= 0.3 is 5.97 Å². The summed E-state index contributed by atoms with van der Waals surface area (Å²) in [6.07, 6.45) is 0.261. The Labute approximate surface area is 183 Å². The first-order valence-electron chi connectivity index (χ1n) is 9.63. The molecular weight excluding hydrogens is 426 g/mol. The van der Waals surface area contributed by atoms with Gasteiger partial charge in [0.05, 0.1) is 24.4 Å². The number of rotatable bonds is 5. The summed E-state index contributed by atoms with van der Waals surface area (Å²) in [5, 5.41) is 33.1. The van der Waals surface area contributed by atoms with E-state index in [1.165, 1.54) is 0 Å². The molecule has 1 unspecified atom stereocenters. The second kappa shape index (κ2) is 8.62. The third kappa shape index (κ3) is 3.87. The molecule has 1 aliphatic rings. The lowest BCUT2D eigenvalue weighted by Crippen LogP contribution is -2.29. The van der Waals surface area contributed by atoms with Crippen molar-refractivity contribution in [1.29, 1.82) is 0 Å². The Morgan fingerprint density at radius 1 is 1.35 bits per heavy atom. The number of aliphatic hydroxyl groups excluding tert-OH is 1. The number of hydrogen-bond donors (Lipinski definition) is 5. The van der Waals surface area contributed by atoms with Crippen molar-refractivity contribution in [3.05, 3.63) is 45.4 Å². The molecule has 4 rings (SSSR count). The van der Waals surface area contributed by atoms with Crippen LogP contribution in [0.25, 0.3) is 22.2 Å². The molecule has 0 aliphatic carbocycles. The number of pyridine rings is 1. The van der Waals surface area contributed by atoms with Gasteiger partial charge in [0.25, 0.3) is 5.56 Å². The standard InChI is InChI=1S/C21H23N3O6.ClH/c1-10(9-25)22-8-12-5-11-6-14-16(7-15(11)24(12)2)30-4-3-13-18(14)23-20(27)17(19(13)26)21(28)29;/h5-7,10,22,25H,3-4,8-9H2,1-2H3,(H,28,29)(H2,23,26,27);1H. The number of fused-ring (bicyclic) bond motifs is 4. The van der Waals surface area contributed by atoms with Crippen LogP contribution in [0.3, 0.4) is 0 Å². The number of aromatic hydroxyl groups is 1. The lowest BCUT2D eigenvalue weighted by atomic mass is 9.99. The summed E-state index contributed by atoms with van der Waals surface area (Å²) in [5.74, 6) is -1.45. The number of hydrogen-bond acceptors (Lipinski definition) is 6. The van der Waals surface area contributed by atoms with Crippen LogP contribution in [0.15, 0.2) is 23.0 Å². The fraction of sp³-hybridized carbons (Fsp3) is 0.333. The number of aromatic nitrogens is 2. The zero-order valence-electron chi connectivity index (χ0n) is 17.1. The summed E-state index contributed by atoms with van der Waals surface area (Å²) in [4.78, 5) is 26.3. The minimum atomic E-state index is -1.48. The SMILES string of the molecule is CC(CO)NCc1cc2cc3c(cc2n1C)OCCc1c-3[nH]c(=O)c(C(=O)O)c1O.Cl. The van der Waals surface area contributed by atoms with Crippen LogP contribution in [0, 0.1) is 0 Å². The molecule has 3 aromatic rings. The van der Waals surface area contributed by atoms with Crippen LogP contribution < -0.4 is 15.6 Å². The Balaban J connectivity index is 0.00000272. The highest BCUT2D eigenvalue weighted by molar-refractivity contribution is 5.94. The zero-order valence-corrected chi connectivity index (χ0v) is 17.9. The molecule has 0 saturated carbocycles. The van der Waals surface area contributed by atoms with Gasteiger partial charge in [-0.3, -0.25) is 4.79 Å². The molecule has 9 nitrogen and oxygen atoms in total. The van der Waals surface area contributed by atoms with E-state index in [2.05, 4.69) is 10.3 Å². The van der Waals surface area contributed by atoms with E-state index in [-0.39, 0.29) is 38.1 Å². The fourth-order valence-corrected chi connectivity index (χ4v) is 3.81. The fourth-order valence-electron chi connectivity index (χ4n) is 3.81. The van der Waals surface area contributed by atoms with Crippen LogP contribution in [0.4, 0.5) is 0 Å². The number of aromatic carboxylic acids is 1. The van der Waals surface area contributed by atoms with Crippen molar-refractivity contribution in [3.8, 4) is 22.8 Å². The molecule has 1 aliphatic heterocycles. The van der Waals surface area contributed by atoms with Crippen molar-refractivity contribution in [2.75, 3.05) is 13.2 Å². The van der Waals surface area contributed by atoms with Crippen LogP contribution in [0.1, 0.15) is 28.5 Å². The summed E-state index contributed by atoms with van der Waals surface area (Å²) in [5.41, 5.74) is 1.72. The topological polar surface area (TPSA) is 137 Å². The van der Waals surface area contributed by atoms with Gasteiger partial charge in [0.1, 0.15) is 11.5 Å². The van der Waals surface area contributed by atoms with Crippen LogP contribution in [-0.4, -0.2) is 50.1 Å². The largest absolute Gasteiger partial charge is 0.506 e. The summed E-state index contributed by atoms with van der Waals surface area (Å²) in [7, 11) is 1.94. The van der Waals surface area contributed by atoms with Crippen LogP contribution in [0.2, 0.25) is 0 Å². The number of carbonyl (C=O) groups is 1. The number of H-pyrrole nitrogens is 1. The third-order valence-corrected chi connectivity index (χ3v) is 5.53. The maximum absolute atomic E-state index is 12.3. The molecule has 0 amide bonds. The molecule has 0 radical (unpaired) electrons. The van der Waals surface area contributed by atoms with E-state index in [0.29, 0.717) is 29.1 Å². The van der Waals surface area contributed by atoms with Crippen molar-refractivity contribution in [2.45, 2.75) is 25.9 Å². The van der Waals surface area contributed by atoms with Gasteiger partial charge in [-0.2, -0.15) is 0 Å².